The van der Waals surface area contributed by atoms with Crippen molar-refractivity contribution in [2.24, 2.45) is 11.0 Å². The molecule has 1 saturated heterocycles. The normalized spacial score (nSPS) is 20.6. The highest BCUT2D eigenvalue weighted by Gasteiger charge is 2.28. The van der Waals surface area contributed by atoms with Crippen molar-refractivity contribution >= 4 is 6.21 Å². The van der Waals surface area contributed by atoms with Crippen LogP contribution in [0.5, 0.6) is 5.75 Å². The van der Waals surface area contributed by atoms with Crippen LogP contribution in [0.2, 0.25) is 0 Å². The second-order valence-electron chi connectivity index (χ2n) is 7.51. The molecule has 1 aliphatic carbocycles. The van der Waals surface area contributed by atoms with Gasteiger partial charge in [0.05, 0.1) is 12.8 Å². The molecule has 150 valence electrons. The zero-order valence-electron chi connectivity index (χ0n) is 16.9. The van der Waals surface area contributed by atoms with Crippen LogP contribution in [0, 0.1) is 19.8 Å². The number of aryl methyl sites for hydroxylation is 2. The summed E-state index contributed by atoms with van der Waals surface area (Å²) in [7, 11) is 0. The number of allylic oxidation sites excluding steroid dienone is 2. The Labute approximate surface area is 171 Å². The summed E-state index contributed by atoms with van der Waals surface area (Å²) in [6.07, 6.45) is 14.8. The Morgan fingerprint density at radius 3 is 2.79 bits per heavy atom. The first kappa shape index (κ1) is 19.3. The highest BCUT2D eigenvalue weighted by molar-refractivity contribution is 5.80. The highest BCUT2D eigenvalue weighted by Crippen LogP contribution is 2.29. The lowest BCUT2D eigenvalue weighted by Crippen LogP contribution is -2.27. The van der Waals surface area contributed by atoms with Gasteiger partial charge >= 0.3 is 0 Å². The molecule has 0 bridgehead atoms. The second kappa shape index (κ2) is 9.01. The van der Waals surface area contributed by atoms with E-state index in [1.165, 1.54) is 12.0 Å². The number of aromatic nitrogens is 2. The minimum atomic E-state index is 0.459. The van der Waals surface area contributed by atoms with Crippen LogP contribution in [0.3, 0.4) is 0 Å². The van der Waals surface area contributed by atoms with E-state index < -0.39 is 0 Å². The van der Waals surface area contributed by atoms with Crippen molar-refractivity contribution in [1.29, 1.82) is 0 Å². The number of hydrogen-bond acceptors (Lipinski definition) is 6. The maximum Gasteiger partial charge on any atom is 0.125 e. The fraction of sp³-hybridized carbons (Fsp3) is 0.348. The van der Waals surface area contributed by atoms with Crippen molar-refractivity contribution in [3.8, 4) is 16.9 Å². The Balaban J connectivity index is 1.29. The van der Waals surface area contributed by atoms with Gasteiger partial charge in [-0.25, -0.2) is 9.97 Å². The smallest absolute Gasteiger partial charge is 0.125 e. The minimum absolute atomic E-state index is 0.459. The summed E-state index contributed by atoms with van der Waals surface area (Å²) in [5.41, 5.74) is 8.70. The Morgan fingerprint density at radius 1 is 1.21 bits per heavy atom. The Kier molecular flexibility index (Phi) is 6.00. The molecule has 29 heavy (non-hydrogen) atoms. The molecule has 1 aliphatic heterocycles. The number of fused-ring (bicyclic) bond motifs is 1. The minimum Gasteiger partial charge on any atom is -0.491 e. The van der Waals surface area contributed by atoms with Crippen LogP contribution in [0.1, 0.15) is 17.5 Å². The number of nitrogens with zero attached hydrogens (tertiary/aromatic N) is 3. The van der Waals surface area contributed by atoms with E-state index >= 15 is 0 Å². The molecular formula is C23H27N5O. The molecule has 0 radical (unpaired) electrons. The van der Waals surface area contributed by atoms with Gasteiger partial charge in [0.15, 0.2) is 0 Å². The molecule has 1 fully saturated rings. The average molecular weight is 390 g/mol. The molecule has 0 amide bonds. The van der Waals surface area contributed by atoms with Gasteiger partial charge in [-0.05, 0) is 61.2 Å². The molecule has 0 spiro atoms. The predicted molar refractivity (Wildman–Crippen MR) is 116 cm³/mol. The molecule has 2 unspecified atom stereocenters. The number of hydrogen-bond donors (Lipinski definition) is 2. The third-order valence-corrected chi connectivity index (χ3v) is 5.42. The number of benzene rings is 1. The van der Waals surface area contributed by atoms with E-state index in [0.29, 0.717) is 25.1 Å². The largest absolute Gasteiger partial charge is 0.491 e. The summed E-state index contributed by atoms with van der Waals surface area (Å²) in [5, 5.41) is 7.89. The van der Waals surface area contributed by atoms with Crippen LogP contribution in [-0.4, -0.2) is 41.9 Å². The molecule has 1 aromatic carbocycles. The second-order valence-corrected chi connectivity index (χ2v) is 7.51. The SMILES string of the molecule is Cc1cc(-c2cncnc2)cc(C)c1OCCN/N=C/C1=CC=CC2NCCC12. The molecule has 2 atom stereocenters. The maximum absolute atomic E-state index is 6.02. The van der Waals surface area contributed by atoms with Crippen LogP contribution in [-0.2, 0) is 0 Å². The van der Waals surface area contributed by atoms with Crippen molar-refractivity contribution in [3.05, 3.63) is 65.8 Å². The van der Waals surface area contributed by atoms with E-state index in [0.717, 1.165) is 34.5 Å². The predicted octanol–water partition coefficient (Wildman–Crippen LogP) is 3.19. The fourth-order valence-corrected chi connectivity index (χ4v) is 4.03. The van der Waals surface area contributed by atoms with E-state index in [1.54, 1.807) is 6.33 Å². The summed E-state index contributed by atoms with van der Waals surface area (Å²) >= 11 is 0. The summed E-state index contributed by atoms with van der Waals surface area (Å²) in [4.78, 5) is 8.19. The molecular weight excluding hydrogens is 362 g/mol. The maximum atomic E-state index is 6.02. The van der Waals surface area contributed by atoms with Gasteiger partial charge < -0.3 is 15.5 Å². The van der Waals surface area contributed by atoms with Crippen LogP contribution < -0.4 is 15.5 Å². The zero-order valence-corrected chi connectivity index (χ0v) is 16.9. The van der Waals surface area contributed by atoms with Gasteiger partial charge in [-0.3, -0.25) is 0 Å². The molecule has 6 heteroatoms. The van der Waals surface area contributed by atoms with Gasteiger partial charge in [-0.15, -0.1) is 0 Å². The first-order valence-corrected chi connectivity index (χ1v) is 10.1. The number of rotatable bonds is 7. The monoisotopic (exact) mass is 389 g/mol. The van der Waals surface area contributed by atoms with Crippen molar-refractivity contribution in [1.82, 2.24) is 20.7 Å². The molecule has 6 nitrogen and oxygen atoms in total. The third-order valence-electron chi connectivity index (χ3n) is 5.42. The molecule has 4 rings (SSSR count). The fourth-order valence-electron chi connectivity index (χ4n) is 4.03. The molecule has 2 N–H and O–H groups in total. The van der Waals surface area contributed by atoms with Crippen molar-refractivity contribution in [2.45, 2.75) is 26.3 Å². The highest BCUT2D eigenvalue weighted by atomic mass is 16.5. The zero-order chi connectivity index (χ0) is 20.1. The van der Waals surface area contributed by atoms with E-state index in [9.17, 15) is 0 Å². The first-order chi connectivity index (χ1) is 14.2. The Bertz CT molecular complexity index is 913. The van der Waals surface area contributed by atoms with Crippen LogP contribution >= 0.6 is 0 Å². The molecule has 0 saturated carbocycles. The number of ether oxygens (including phenoxy) is 1. The quantitative estimate of drug-likeness (QED) is 0.432. The van der Waals surface area contributed by atoms with Crippen LogP contribution in [0.25, 0.3) is 11.1 Å². The first-order valence-electron chi connectivity index (χ1n) is 10.1. The lowest BCUT2D eigenvalue weighted by molar-refractivity contribution is 0.311. The summed E-state index contributed by atoms with van der Waals surface area (Å²) in [5.74, 6) is 1.47. The third kappa shape index (κ3) is 4.54. The van der Waals surface area contributed by atoms with Crippen molar-refractivity contribution < 1.29 is 4.74 Å². The van der Waals surface area contributed by atoms with Crippen LogP contribution in [0.4, 0.5) is 0 Å². The Morgan fingerprint density at radius 2 is 2.00 bits per heavy atom. The van der Waals surface area contributed by atoms with Gasteiger partial charge in [-0.1, -0.05) is 18.2 Å². The standard InChI is InChI=1S/C23H27N5O/c1-16-10-19(20-12-24-15-25-13-20)11-17(2)23(16)29-9-8-27-28-14-18-4-3-5-22-21(18)6-7-26-22/h3-5,10-15,21-22,26-27H,6-9H2,1-2H3/b28-14+. The van der Waals surface area contributed by atoms with E-state index in [4.69, 9.17) is 4.74 Å². The van der Waals surface area contributed by atoms with Gasteiger partial charge in [0.2, 0.25) is 0 Å². The van der Waals surface area contributed by atoms with Gasteiger partial charge in [0.25, 0.3) is 0 Å². The lowest BCUT2D eigenvalue weighted by atomic mass is 9.88. The summed E-state index contributed by atoms with van der Waals surface area (Å²) < 4.78 is 6.02. The topological polar surface area (TPSA) is 71.4 Å². The summed E-state index contributed by atoms with van der Waals surface area (Å²) in [6.45, 7) is 6.41. The lowest BCUT2D eigenvalue weighted by Gasteiger charge is -2.19. The molecule has 1 aromatic heterocycles. The van der Waals surface area contributed by atoms with Gasteiger partial charge in [0.1, 0.15) is 18.7 Å². The molecule has 2 aromatic rings. The average Bonchev–Trinajstić information content (AvgIpc) is 3.22. The summed E-state index contributed by atoms with van der Waals surface area (Å²) in [6, 6.07) is 4.69. The van der Waals surface area contributed by atoms with Gasteiger partial charge in [-0.2, -0.15) is 5.10 Å². The van der Waals surface area contributed by atoms with Gasteiger partial charge in [0, 0.05) is 29.9 Å². The molecule has 2 aliphatic rings. The molecule has 2 heterocycles. The van der Waals surface area contributed by atoms with E-state index in [-0.39, 0.29) is 0 Å². The number of nitrogens with one attached hydrogen (secondary N) is 2. The van der Waals surface area contributed by atoms with Crippen molar-refractivity contribution in [3.63, 3.8) is 0 Å². The van der Waals surface area contributed by atoms with E-state index in [1.807, 2.05) is 18.6 Å². The van der Waals surface area contributed by atoms with Crippen molar-refractivity contribution in [2.75, 3.05) is 19.7 Å². The Hall–Kier alpha value is -2.99. The van der Waals surface area contributed by atoms with Crippen LogP contribution in [0.15, 0.2) is 59.8 Å². The van der Waals surface area contributed by atoms with E-state index in [2.05, 4.69) is 70.0 Å². The number of hydrazone groups is 1.